The van der Waals surface area contributed by atoms with Gasteiger partial charge in [0.2, 0.25) is 0 Å². The van der Waals surface area contributed by atoms with Gasteiger partial charge in [0.15, 0.2) is 0 Å². The van der Waals surface area contributed by atoms with Crippen LogP contribution in [0.1, 0.15) is 29.5 Å². The Hall–Kier alpha value is -2.15. The molecule has 0 aliphatic carbocycles. The highest BCUT2D eigenvalue weighted by Gasteiger charge is 2.34. The van der Waals surface area contributed by atoms with Gasteiger partial charge in [-0.1, -0.05) is 65.9 Å². The fraction of sp³-hybridized carbons (Fsp3) is 0.304. The smallest absolute Gasteiger partial charge is 0.266 e. The van der Waals surface area contributed by atoms with Gasteiger partial charge in [0, 0.05) is 6.61 Å². The standard InChI is InChI=1S/C23H23NO3S2/c1-16-7-9-17(10-8-16)15-27-19-5-2-4-18(12-19)13-21-22(25)24(23(28)29-21)14-20-6-3-11-26-20/h2,4-5,7-10,12-13,20H,3,6,11,14-15H2,1H3/b21-13-/t20-/m1/s1. The number of hydrogen-bond acceptors (Lipinski definition) is 5. The number of thioether (sulfide) groups is 1. The van der Waals surface area contributed by atoms with Crippen molar-refractivity contribution in [2.24, 2.45) is 0 Å². The number of hydrogen-bond donors (Lipinski definition) is 0. The van der Waals surface area contributed by atoms with Crippen molar-refractivity contribution in [3.05, 3.63) is 70.1 Å². The molecule has 0 N–H and O–H groups in total. The number of carbonyl (C=O) groups is 1. The zero-order valence-corrected chi connectivity index (χ0v) is 17.9. The van der Waals surface area contributed by atoms with Crippen LogP contribution in [-0.2, 0) is 16.1 Å². The molecule has 6 heteroatoms. The molecule has 2 heterocycles. The molecular weight excluding hydrogens is 402 g/mol. The average molecular weight is 426 g/mol. The van der Waals surface area contributed by atoms with Crippen molar-refractivity contribution in [1.29, 1.82) is 0 Å². The number of carbonyl (C=O) groups excluding carboxylic acids is 1. The zero-order chi connectivity index (χ0) is 20.2. The first-order chi connectivity index (χ1) is 14.1. The Morgan fingerprint density at radius 3 is 2.86 bits per heavy atom. The second-order valence-corrected chi connectivity index (χ2v) is 8.95. The number of benzene rings is 2. The Labute approximate surface area is 180 Å². The lowest BCUT2D eigenvalue weighted by molar-refractivity contribution is -0.123. The van der Waals surface area contributed by atoms with Crippen LogP contribution in [-0.4, -0.2) is 34.4 Å². The molecular formula is C23H23NO3S2. The maximum absolute atomic E-state index is 12.8. The van der Waals surface area contributed by atoms with E-state index < -0.39 is 0 Å². The summed E-state index contributed by atoms with van der Waals surface area (Å²) >= 11 is 6.77. The maximum Gasteiger partial charge on any atom is 0.266 e. The molecule has 2 aromatic carbocycles. The first kappa shape index (κ1) is 20.1. The van der Waals surface area contributed by atoms with Gasteiger partial charge in [-0.25, -0.2) is 0 Å². The summed E-state index contributed by atoms with van der Waals surface area (Å²) in [6.07, 6.45) is 4.00. The second kappa shape index (κ2) is 9.11. The molecule has 0 aromatic heterocycles. The number of ether oxygens (including phenoxy) is 2. The van der Waals surface area contributed by atoms with Crippen LogP contribution in [0.5, 0.6) is 5.75 Å². The molecule has 2 aliphatic heterocycles. The van der Waals surface area contributed by atoms with Gasteiger partial charge in [0.1, 0.15) is 16.7 Å². The highest BCUT2D eigenvalue weighted by atomic mass is 32.2. The summed E-state index contributed by atoms with van der Waals surface area (Å²) in [6, 6.07) is 16.1. The van der Waals surface area contributed by atoms with Crippen LogP contribution in [0.3, 0.4) is 0 Å². The van der Waals surface area contributed by atoms with Gasteiger partial charge < -0.3 is 9.47 Å². The Morgan fingerprint density at radius 2 is 2.10 bits per heavy atom. The minimum Gasteiger partial charge on any atom is -0.489 e. The van der Waals surface area contributed by atoms with E-state index >= 15 is 0 Å². The van der Waals surface area contributed by atoms with Crippen LogP contribution < -0.4 is 4.74 Å². The summed E-state index contributed by atoms with van der Waals surface area (Å²) in [5.41, 5.74) is 3.27. The molecule has 29 heavy (non-hydrogen) atoms. The maximum atomic E-state index is 12.8. The van der Waals surface area contributed by atoms with E-state index in [4.69, 9.17) is 21.7 Å². The molecule has 1 amide bonds. The normalized spacial score (nSPS) is 20.7. The number of nitrogens with zero attached hydrogens (tertiary/aromatic N) is 1. The monoisotopic (exact) mass is 425 g/mol. The van der Waals surface area contributed by atoms with E-state index in [1.165, 1.54) is 17.3 Å². The fourth-order valence-corrected chi connectivity index (χ4v) is 4.62. The third kappa shape index (κ3) is 5.07. The van der Waals surface area contributed by atoms with Gasteiger partial charge in [-0.3, -0.25) is 9.69 Å². The van der Waals surface area contributed by atoms with Gasteiger partial charge in [0.05, 0.1) is 17.6 Å². The quantitative estimate of drug-likeness (QED) is 0.483. The predicted octanol–water partition coefficient (Wildman–Crippen LogP) is 4.95. The molecule has 150 valence electrons. The summed E-state index contributed by atoms with van der Waals surface area (Å²) in [4.78, 5) is 15.1. The third-order valence-corrected chi connectivity index (χ3v) is 6.34. The summed E-state index contributed by atoms with van der Waals surface area (Å²) in [7, 11) is 0. The largest absolute Gasteiger partial charge is 0.489 e. The van der Waals surface area contributed by atoms with Crippen molar-refractivity contribution < 1.29 is 14.3 Å². The van der Waals surface area contributed by atoms with Gasteiger partial charge in [0.25, 0.3) is 5.91 Å². The topological polar surface area (TPSA) is 38.8 Å². The summed E-state index contributed by atoms with van der Waals surface area (Å²) in [5.74, 6) is 0.732. The first-order valence-corrected chi connectivity index (χ1v) is 11.0. The zero-order valence-electron chi connectivity index (χ0n) is 16.3. The Morgan fingerprint density at radius 1 is 1.28 bits per heavy atom. The van der Waals surface area contributed by atoms with E-state index in [0.717, 1.165) is 36.3 Å². The predicted molar refractivity (Wildman–Crippen MR) is 121 cm³/mol. The molecule has 0 radical (unpaired) electrons. The third-order valence-electron chi connectivity index (χ3n) is 4.97. The lowest BCUT2D eigenvalue weighted by Crippen LogP contribution is -2.35. The van der Waals surface area contributed by atoms with E-state index in [1.54, 1.807) is 4.90 Å². The van der Waals surface area contributed by atoms with Crippen molar-refractivity contribution in [3.63, 3.8) is 0 Å². The van der Waals surface area contributed by atoms with E-state index in [2.05, 4.69) is 31.2 Å². The van der Waals surface area contributed by atoms with Crippen molar-refractivity contribution in [2.45, 2.75) is 32.5 Å². The lowest BCUT2D eigenvalue weighted by atomic mass is 10.1. The molecule has 0 saturated carbocycles. The van der Waals surface area contributed by atoms with Crippen molar-refractivity contribution in [3.8, 4) is 5.75 Å². The molecule has 4 rings (SSSR count). The second-order valence-electron chi connectivity index (χ2n) is 7.27. The fourth-order valence-electron chi connectivity index (χ4n) is 3.35. The van der Waals surface area contributed by atoms with Gasteiger partial charge >= 0.3 is 0 Å². The SMILES string of the molecule is Cc1ccc(COc2cccc(/C=C3\SC(=S)N(C[C@H]4CCCO4)C3=O)c2)cc1. The number of aryl methyl sites for hydroxylation is 1. The van der Waals surface area contributed by atoms with Crippen LogP contribution >= 0.6 is 24.0 Å². The molecule has 0 unspecified atom stereocenters. The van der Waals surface area contributed by atoms with Crippen molar-refractivity contribution in [2.75, 3.05) is 13.2 Å². The van der Waals surface area contributed by atoms with Gasteiger partial charge in [-0.2, -0.15) is 0 Å². The van der Waals surface area contributed by atoms with Crippen molar-refractivity contribution >= 4 is 40.3 Å². The summed E-state index contributed by atoms with van der Waals surface area (Å²) in [5, 5.41) is 0. The van der Waals surface area contributed by atoms with Crippen LogP contribution in [0.2, 0.25) is 0 Å². The average Bonchev–Trinajstić information content (AvgIpc) is 3.32. The lowest BCUT2D eigenvalue weighted by Gasteiger charge is -2.18. The van der Waals surface area contributed by atoms with E-state index in [0.29, 0.717) is 22.4 Å². The molecule has 0 bridgehead atoms. The van der Waals surface area contributed by atoms with E-state index in [9.17, 15) is 4.79 Å². The number of thiocarbonyl (C=S) groups is 1. The highest BCUT2D eigenvalue weighted by Crippen LogP contribution is 2.34. The Bertz CT molecular complexity index is 933. The molecule has 0 spiro atoms. The van der Waals surface area contributed by atoms with E-state index in [-0.39, 0.29) is 12.0 Å². The summed E-state index contributed by atoms with van der Waals surface area (Å²) in [6.45, 7) is 3.89. The molecule has 4 nitrogen and oxygen atoms in total. The molecule has 2 aromatic rings. The van der Waals surface area contributed by atoms with E-state index in [1.807, 2.05) is 30.3 Å². The molecule has 1 atom stereocenters. The molecule has 2 saturated heterocycles. The van der Waals surface area contributed by atoms with Crippen LogP contribution in [0.4, 0.5) is 0 Å². The highest BCUT2D eigenvalue weighted by molar-refractivity contribution is 8.26. The number of amides is 1. The summed E-state index contributed by atoms with van der Waals surface area (Å²) < 4.78 is 12.2. The van der Waals surface area contributed by atoms with Crippen LogP contribution in [0, 0.1) is 6.92 Å². The molecule has 2 aliphatic rings. The van der Waals surface area contributed by atoms with Crippen molar-refractivity contribution in [1.82, 2.24) is 4.90 Å². The van der Waals surface area contributed by atoms with Gasteiger partial charge in [-0.15, -0.1) is 0 Å². The first-order valence-electron chi connectivity index (χ1n) is 9.74. The Kier molecular flexibility index (Phi) is 6.33. The van der Waals surface area contributed by atoms with Crippen LogP contribution in [0.25, 0.3) is 6.08 Å². The molecule has 2 fully saturated rings. The van der Waals surface area contributed by atoms with Gasteiger partial charge in [-0.05, 0) is 49.1 Å². The Balaban J connectivity index is 1.42. The minimum atomic E-state index is -0.0403. The number of rotatable bonds is 6. The van der Waals surface area contributed by atoms with Crippen LogP contribution in [0.15, 0.2) is 53.4 Å². The minimum absolute atomic E-state index is 0.0403.